The lowest BCUT2D eigenvalue weighted by Gasteiger charge is -2.14. The molecule has 26 heavy (non-hydrogen) atoms. The molecule has 0 radical (unpaired) electrons. The Labute approximate surface area is 161 Å². The van der Waals surface area contributed by atoms with E-state index in [1.165, 1.54) is 6.07 Å². The normalized spacial score (nSPS) is 18.7. The quantitative estimate of drug-likeness (QED) is 0.807. The van der Waals surface area contributed by atoms with Crippen LogP contribution in [-0.4, -0.2) is 42.2 Å². The molecule has 2 heterocycles. The number of hydrogen-bond donors (Lipinski definition) is 1. The van der Waals surface area contributed by atoms with E-state index >= 15 is 0 Å². The summed E-state index contributed by atoms with van der Waals surface area (Å²) in [6.07, 6.45) is 0.473. The number of carbonyl (C=O) groups is 1. The van der Waals surface area contributed by atoms with E-state index in [4.69, 9.17) is 27.9 Å². The summed E-state index contributed by atoms with van der Waals surface area (Å²) in [5.74, 6) is 0.478. The highest BCUT2D eigenvalue weighted by atomic mass is 35.5. The van der Waals surface area contributed by atoms with Gasteiger partial charge >= 0.3 is 0 Å². The van der Waals surface area contributed by atoms with Crippen LogP contribution in [0.2, 0.25) is 10.0 Å². The van der Waals surface area contributed by atoms with Gasteiger partial charge in [-0.1, -0.05) is 23.2 Å². The number of aromatic nitrogens is 2. The van der Waals surface area contributed by atoms with E-state index in [9.17, 15) is 13.2 Å². The fourth-order valence-electron chi connectivity index (χ4n) is 2.77. The topological polar surface area (TPSA) is 90.3 Å². The van der Waals surface area contributed by atoms with Gasteiger partial charge in [-0.05, 0) is 25.5 Å². The molecule has 0 spiro atoms. The van der Waals surface area contributed by atoms with Gasteiger partial charge in [0.2, 0.25) is 0 Å². The van der Waals surface area contributed by atoms with Gasteiger partial charge in [-0.2, -0.15) is 5.10 Å². The lowest BCUT2D eigenvalue weighted by Crippen LogP contribution is -2.24. The number of carbonyl (C=O) groups excluding carboxylic acids is 1. The van der Waals surface area contributed by atoms with Gasteiger partial charge in [0, 0.05) is 17.2 Å². The smallest absolute Gasteiger partial charge is 0.263 e. The Morgan fingerprint density at radius 3 is 2.85 bits per heavy atom. The van der Waals surface area contributed by atoms with E-state index in [1.807, 2.05) is 0 Å². The first-order valence-corrected chi connectivity index (χ1v) is 10.5. The molecular formula is C16H17Cl2N3O4S. The maximum absolute atomic E-state index is 12.2. The Hall–Kier alpha value is -1.77. The molecule has 7 nitrogen and oxygen atoms in total. The van der Waals surface area contributed by atoms with Crippen molar-refractivity contribution in [3.05, 3.63) is 40.0 Å². The highest BCUT2D eigenvalue weighted by molar-refractivity contribution is 7.91. The van der Waals surface area contributed by atoms with Crippen molar-refractivity contribution in [3.8, 4) is 5.75 Å². The number of nitrogens with one attached hydrogen (secondary N) is 1. The number of rotatable bonds is 5. The molecule has 10 heteroatoms. The Kier molecular flexibility index (Phi) is 5.45. The summed E-state index contributed by atoms with van der Waals surface area (Å²) in [5.41, 5.74) is 0.684. The second-order valence-electron chi connectivity index (χ2n) is 6.08. The molecule has 2 aromatic rings. The summed E-state index contributed by atoms with van der Waals surface area (Å²) in [6, 6.07) is 6.13. The lowest BCUT2D eigenvalue weighted by atomic mass is 10.3. The minimum Gasteiger partial charge on any atom is -0.482 e. The van der Waals surface area contributed by atoms with E-state index in [1.54, 1.807) is 29.8 Å². The highest BCUT2D eigenvalue weighted by Gasteiger charge is 2.31. The molecule has 1 atom stereocenters. The molecule has 1 amide bonds. The van der Waals surface area contributed by atoms with Gasteiger partial charge < -0.3 is 10.1 Å². The zero-order valence-corrected chi connectivity index (χ0v) is 16.2. The molecule has 1 fully saturated rings. The molecule has 3 rings (SSSR count). The summed E-state index contributed by atoms with van der Waals surface area (Å²) in [4.78, 5) is 12.2. The monoisotopic (exact) mass is 417 g/mol. The molecule has 0 bridgehead atoms. The number of ether oxygens (including phenoxy) is 1. The van der Waals surface area contributed by atoms with Crippen LogP contribution in [0.15, 0.2) is 24.3 Å². The number of amides is 1. The minimum absolute atomic E-state index is 0.0195. The molecular weight excluding hydrogens is 401 g/mol. The van der Waals surface area contributed by atoms with Gasteiger partial charge in [-0.15, -0.1) is 0 Å². The van der Waals surface area contributed by atoms with Crippen molar-refractivity contribution in [1.29, 1.82) is 0 Å². The van der Waals surface area contributed by atoms with Crippen LogP contribution in [-0.2, 0) is 14.6 Å². The van der Waals surface area contributed by atoms with Crippen LogP contribution >= 0.6 is 23.2 Å². The van der Waals surface area contributed by atoms with Crippen LogP contribution in [0.5, 0.6) is 5.75 Å². The lowest BCUT2D eigenvalue weighted by molar-refractivity contribution is -0.118. The number of benzene rings is 1. The number of halogens is 2. The molecule has 140 valence electrons. The van der Waals surface area contributed by atoms with Gasteiger partial charge in [-0.25, -0.2) is 13.1 Å². The van der Waals surface area contributed by atoms with E-state index in [0.717, 1.165) is 0 Å². The highest BCUT2D eigenvalue weighted by Crippen LogP contribution is 2.28. The second-order valence-corrected chi connectivity index (χ2v) is 9.16. The zero-order valence-electron chi connectivity index (χ0n) is 13.9. The predicted molar refractivity (Wildman–Crippen MR) is 99.9 cm³/mol. The van der Waals surface area contributed by atoms with Crippen LogP contribution in [0.3, 0.4) is 0 Å². The van der Waals surface area contributed by atoms with E-state index in [-0.39, 0.29) is 24.2 Å². The third kappa shape index (κ3) is 4.49. The van der Waals surface area contributed by atoms with Gasteiger partial charge in [0.1, 0.15) is 11.6 Å². The first kappa shape index (κ1) is 19.0. The minimum atomic E-state index is -3.06. The summed E-state index contributed by atoms with van der Waals surface area (Å²) >= 11 is 11.9. The van der Waals surface area contributed by atoms with Crippen molar-refractivity contribution in [2.75, 3.05) is 23.4 Å². The summed E-state index contributed by atoms with van der Waals surface area (Å²) in [6.45, 7) is 1.51. The number of hydrogen-bond acceptors (Lipinski definition) is 5. The molecule has 1 aliphatic rings. The fourth-order valence-corrected chi connectivity index (χ4v) is 4.79. The Morgan fingerprint density at radius 2 is 2.15 bits per heavy atom. The van der Waals surface area contributed by atoms with Crippen molar-refractivity contribution in [3.63, 3.8) is 0 Å². The van der Waals surface area contributed by atoms with Crippen molar-refractivity contribution in [1.82, 2.24) is 9.78 Å². The summed E-state index contributed by atoms with van der Waals surface area (Å²) in [5, 5.41) is 7.81. The van der Waals surface area contributed by atoms with Crippen molar-refractivity contribution >= 4 is 44.8 Å². The maximum Gasteiger partial charge on any atom is 0.263 e. The molecule has 0 unspecified atom stereocenters. The van der Waals surface area contributed by atoms with Gasteiger partial charge in [0.25, 0.3) is 5.91 Å². The van der Waals surface area contributed by atoms with Crippen LogP contribution < -0.4 is 10.1 Å². The average Bonchev–Trinajstić information content (AvgIpc) is 3.10. The van der Waals surface area contributed by atoms with Crippen LogP contribution in [0, 0.1) is 6.92 Å². The van der Waals surface area contributed by atoms with Crippen molar-refractivity contribution in [2.45, 2.75) is 19.4 Å². The Morgan fingerprint density at radius 1 is 1.38 bits per heavy atom. The Bertz CT molecular complexity index is 943. The first-order valence-electron chi connectivity index (χ1n) is 7.88. The standard InChI is InChI=1S/C16H17Cl2N3O4S/c1-10-6-15(21(20-10)12-4-5-26(23,24)9-12)19-16(22)8-25-14-7-11(17)2-3-13(14)18/h2-3,6-7,12H,4-5,8-9H2,1H3,(H,19,22)/t12-/m1/s1. The van der Waals surface area contributed by atoms with Crippen LogP contribution in [0.1, 0.15) is 18.2 Å². The van der Waals surface area contributed by atoms with E-state index in [0.29, 0.717) is 33.7 Å². The molecule has 0 aliphatic carbocycles. The molecule has 1 aromatic carbocycles. The van der Waals surface area contributed by atoms with E-state index in [2.05, 4.69) is 10.4 Å². The van der Waals surface area contributed by atoms with Gasteiger partial charge in [-0.3, -0.25) is 4.79 Å². The molecule has 1 aliphatic heterocycles. The molecule has 1 N–H and O–H groups in total. The van der Waals surface area contributed by atoms with Crippen molar-refractivity contribution in [2.24, 2.45) is 0 Å². The van der Waals surface area contributed by atoms with E-state index < -0.39 is 15.7 Å². The van der Waals surface area contributed by atoms with Crippen LogP contribution in [0.25, 0.3) is 0 Å². The predicted octanol–water partition coefficient (Wildman–Crippen LogP) is 2.88. The third-order valence-electron chi connectivity index (χ3n) is 3.93. The fraction of sp³-hybridized carbons (Fsp3) is 0.375. The summed E-state index contributed by atoms with van der Waals surface area (Å²) < 4.78 is 30.4. The largest absolute Gasteiger partial charge is 0.482 e. The molecule has 0 saturated carbocycles. The summed E-state index contributed by atoms with van der Waals surface area (Å²) in [7, 11) is -3.06. The Balaban J connectivity index is 1.67. The molecule has 1 saturated heterocycles. The second kappa shape index (κ2) is 7.46. The van der Waals surface area contributed by atoms with Crippen molar-refractivity contribution < 1.29 is 17.9 Å². The number of nitrogens with zero attached hydrogens (tertiary/aromatic N) is 2. The number of anilines is 1. The number of aryl methyl sites for hydroxylation is 1. The van der Waals surface area contributed by atoms with Gasteiger partial charge in [0.05, 0.1) is 28.3 Å². The van der Waals surface area contributed by atoms with Crippen LogP contribution in [0.4, 0.5) is 5.82 Å². The third-order valence-corrected chi connectivity index (χ3v) is 6.23. The number of sulfone groups is 1. The maximum atomic E-state index is 12.2. The first-order chi connectivity index (χ1) is 12.2. The zero-order chi connectivity index (χ0) is 18.9. The van der Waals surface area contributed by atoms with Gasteiger partial charge in [0.15, 0.2) is 16.4 Å². The average molecular weight is 418 g/mol. The SMILES string of the molecule is Cc1cc(NC(=O)COc2cc(Cl)ccc2Cl)n([C@@H]2CCS(=O)(=O)C2)n1. The molecule has 1 aromatic heterocycles.